The molecule has 1 aliphatic heterocycles. The average molecular weight is 243 g/mol. The maximum Gasteiger partial charge on any atom is 0.491 e. The molecule has 0 saturated heterocycles. The van der Waals surface area contributed by atoms with E-state index in [0.717, 1.165) is 11.0 Å². The Morgan fingerprint density at radius 1 is 1.61 bits per heavy atom. The van der Waals surface area contributed by atoms with Crippen molar-refractivity contribution in [3.8, 4) is 5.75 Å². The highest BCUT2D eigenvalue weighted by atomic mass is 16.5. The van der Waals surface area contributed by atoms with Crippen molar-refractivity contribution in [2.45, 2.75) is 6.61 Å². The van der Waals surface area contributed by atoms with Crippen LogP contribution >= 0.6 is 0 Å². The molecule has 5 heteroatoms. The maximum absolute atomic E-state index is 9.60. The van der Waals surface area contributed by atoms with Crippen molar-refractivity contribution in [2.75, 3.05) is 7.05 Å². The van der Waals surface area contributed by atoms with Gasteiger partial charge in [-0.2, -0.15) is 0 Å². The molecule has 0 amide bonds. The van der Waals surface area contributed by atoms with Gasteiger partial charge in [-0.05, 0) is 35.3 Å². The van der Waals surface area contributed by atoms with Gasteiger partial charge < -0.3 is 14.4 Å². The van der Waals surface area contributed by atoms with Crippen molar-refractivity contribution in [3.05, 3.63) is 48.3 Å². The Kier molecular flexibility index (Phi) is 3.97. The van der Waals surface area contributed by atoms with E-state index >= 15 is 0 Å². The van der Waals surface area contributed by atoms with Gasteiger partial charge in [0.1, 0.15) is 11.5 Å². The second kappa shape index (κ2) is 5.66. The van der Waals surface area contributed by atoms with Crippen molar-refractivity contribution in [2.24, 2.45) is 4.99 Å². The summed E-state index contributed by atoms with van der Waals surface area (Å²) in [7, 11) is 0.817. The molecule has 0 bridgehead atoms. The molecule has 1 aromatic rings. The van der Waals surface area contributed by atoms with Gasteiger partial charge in [-0.25, -0.2) is 0 Å². The van der Waals surface area contributed by atoms with Crippen LogP contribution in [-0.4, -0.2) is 25.4 Å². The Labute approximate surface area is 106 Å². The van der Waals surface area contributed by atoms with Crippen molar-refractivity contribution in [1.29, 1.82) is 0 Å². The molecule has 1 aliphatic rings. The third kappa shape index (κ3) is 2.69. The minimum Gasteiger partial charge on any atom is -0.457 e. The molecule has 18 heavy (non-hydrogen) atoms. The summed E-state index contributed by atoms with van der Waals surface area (Å²) in [5.41, 5.74) is 1.73. The van der Waals surface area contributed by atoms with E-state index in [-0.39, 0.29) is 0 Å². The van der Waals surface area contributed by atoms with Gasteiger partial charge in [-0.1, -0.05) is 12.6 Å². The monoisotopic (exact) mass is 243 g/mol. The first-order valence-corrected chi connectivity index (χ1v) is 5.60. The predicted molar refractivity (Wildman–Crippen MR) is 72.2 cm³/mol. The molecule has 0 spiro atoms. The zero-order valence-electron chi connectivity index (χ0n) is 10.2. The first-order valence-electron chi connectivity index (χ1n) is 5.60. The lowest BCUT2D eigenvalue weighted by molar-refractivity contribution is 0.275. The lowest BCUT2D eigenvalue weighted by atomic mass is 9.79. The number of benzene rings is 1. The van der Waals surface area contributed by atoms with Crippen LogP contribution in [0.15, 0.2) is 47.7 Å². The van der Waals surface area contributed by atoms with Crippen molar-refractivity contribution < 1.29 is 14.4 Å². The summed E-state index contributed by atoms with van der Waals surface area (Å²) in [6, 6.07) is 5.49. The van der Waals surface area contributed by atoms with Crippen LogP contribution in [0.4, 0.5) is 0 Å². The fourth-order valence-corrected chi connectivity index (χ4v) is 1.68. The van der Waals surface area contributed by atoms with Crippen LogP contribution in [-0.2, 0) is 11.3 Å². The summed E-state index contributed by atoms with van der Waals surface area (Å²) >= 11 is 0. The van der Waals surface area contributed by atoms with Crippen LogP contribution in [0.2, 0.25) is 0 Å². The summed E-state index contributed by atoms with van der Waals surface area (Å²) in [5, 5.41) is 9.60. The van der Waals surface area contributed by atoms with Crippen LogP contribution in [0.25, 0.3) is 0 Å². The number of fused-ring (bicyclic) bond motifs is 1. The lowest BCUT2D eigenvalue weighted by Gasteiger charge is -2.07. The molecule has 0 aliphatic carbocycles. The van der Waals surface area contributed by atoms with E-state index in [1.807, 2.05) is 12.1 Å². The SMILES string of the molecule is C=C/C(=C\C=NC)Oc1ccc2c(c1)B(O)OC2. The van der Waals surface area contributed by atoms with E-state index in [1.54, 1.807) is 31.5 Å². The van der Waals surface area contributed by atoms with Crippen LogP contribution in [0.1, 0.15) is 5.56 Å². The van der Waals surface area contributed by atoms with Crippen LogP contribution in [0, 0.1) is 0 Å². The lowest BCUT2D eigenvalue weighted by Crippen LogP contribution is -2.27. The molecule has 0 unspecified atom stereocenters. The third-order valence-electron chi connectivity index (χ3n) is 2.60. The van der Waals surface area contributed by atoms with Gasteiger partial charge in [-0.15, -0.1) is 0 Å². The number of ether oxygens (including phenoxy) is 1. The number of hydrogen-bond donors (Lipinski definition) is 1. The smallest absolute Gasteiger partial charge is 0.457 e. The highest BCUT2D eigenvalue weighted by Gasteiger charge is 2.27. The summed E-state index contributed by atoms with van der Waals surface area (Å²) in [6.07, 6.45) is 4.94. The van der Waals surface area contributed by atoms with Gasteiger partial charge >= 0.3 is 7.12 Å². The first-order chi connectivity index (χ1) is 8.74. The van der Waals surface area contributed by atoms with Crippen LogP contribution < -0.4 is 10.2 Å². The molecule has 1 heterocycles. The quantitative estimate of drug-likeness (QED) is 0.372. The Hall–Kier alpha value is -1.85. The Balaban J connectivity index is 2.20. The van der Waals surface area contributed by atoms with E-state index in [4.69, 9.17) is 9.39 Å². The summed E-state index contributed by atoms with van der Waals surface area (Å²) in [5.74, 6) is 1.22. The minimum absolute atomic E-state index is 0.434. The van der Waals surface area contributed by atoms with Gasteiger partial charge in [0.2, 0.25) is 0 Å². The van der Waals surface area contributed by atoms with Gasteiger partial charge in [0.05, 0.1) is 6.61 Å². The molecule has 0 saturated carbocycles. The van der Waals surface area contributed by atoms with Crippen LogP contribution in [0.3, 0.4) is 0 Å². The fraction of sp³-hybridized carbons (Fsp3) is 0.154. The summed E-state index contributed by atoms with van der Waals surface area (Å²) in [6.45, 7) is 4.10. The number of rotatable bonds is 4. The Bertz CT molecular complexity index is 511. The molecule has 0 atom stereocenters. The van der Waals surface area contributed by atoms with E-state index in [9.17, 15) is 5.02 Å². The molecular formula is C13H14BNO3. The van der Waals surface area contributed by atoms with E-state index < -0.39 is 7.12 Å². The topological polar surface area (TPSA) is 51.0 Å². The van der Waals surface area contributed by atoms with E-state index in [0.29, 0.717) is 18.1 Å². The van der Waals surface area contributed by atoms with Crippen molar-refractivity contribution in [1.82, 2.24) is 0 Å². The minimum atomic E-state index is -0.864. The molecule has 2 rings (SSSR count). The Morgan fingerprint density at radius 3 is 3.17 bits per heavy atom. The molecule has 1 N–H and O–H groups in total. The summed E-state index contributed by atoms with van der Waals surface area (Å²) in [4.78, 5) is 3.85. The summed E-state index contributed by atoms with van der Waals surface area (Å²) < 4.78 is 10.7. The number of nitrogens with zero attached hydrogens (tertiary/aromatic N) is 1. The third-order valence-corrected chi connectivity index (χ3v) is 2.60. The van der Waals surface area contributed by atoms with Gasteiger partial charge in [0.25, 0.3) is 0 Å². The highest BCUT2D eigenvalue weighted by Crippen LogP contribution is 2.18. The zero-order chi connectivity index (χ0) is 13.0. The maximum atomic E-state index is 9.60. The molecule has 4 nitrogen and oxygen atoms in total. The fourth-order valence-electron chi connectivity index (χ4n) is 1.68. The highest BCUT2D eigenvalue weighted by molar-refractivity contribution is 6.61. The second-order valence-corrected chi connectivity index (χ2v) is 3.81. The van der Waals surface area contributed by atoms with E-state index in [2.05, 4.69) is 11.6 Å². The standard InChI is InChI=1S/C13H14BNO3/c1-3-11(6-7-15-2)18-12-5-4-10-9-17-14(16)13(10)8-12/h3-8,16H,1,9H2,2H3/b11-6+,15-7?. The number of hydrogen-bond acceptors (Lipinski definition) is 4. The molecule has 1 aromatic carbocycles. The molecule has 0 radical (unpaired) electrons. The number of aliphatic imine (C=N–C) groups is 1. The first kappa shape index (κ1) is 12.6. The van der Waals surface area contributed by atoms with Gasteiger partial charge in [-0.3, -0.25) is 4.99 Å². The van der Waals surface area contributed by atoms with Crippen LogP contribution in [0.5, 0.6) is 5.75 Å². The zero-order valence-corrected chi connectivity index (χ0v) is 10.2. The largest absolute Gasteiger partial charge is 0.491 e. The Morgan fingerprint density at radius 2 is 2.44 bits per heavy atom. The number of allylic oxidation sites excluding steroid dienone is 2. The predicted octanol–water partition coefficient (Wildman–Crippen LogP) is 1.05. The molecule has 92 valence electrons. The van der Waals surface area contributed by atoms with E-state index in [1.165, 1.54) is 0 Å². The molecular weight excluding hydrogens is 229 g/mol. The average Bonchev–Trinajstić information content (AvgIpc) is 2.76. The van der Waals surface area contributed by atoms with Crippen molar-refractivity contribution in [3.63, 3.8) is 0 Å². The molecule has 0 aromatic heterocycles. The normalized spacial score (nSPS) is 15.0. The molecule has 0 fully saturated rings. The van der Waals surface area contributed by atoms with Gasteiger partial charge in [0, 0.05) is 13.3 Å². The van der Waals surface area contributed by atoms with Crippen molar-refractivity contribution >= 4 is 18.8 Å². The second-order valence-electron chi connectivity index (χ2n) is 3.81. The van der Waals surface area contributed by atoms with Gasteiger partial charge in [0.15, 0.2) is 0 Å².